The van der Waals surface area contributed by atoms with E-state index < -0.39 is 0 Å². The van der Waals surface area contributed by atoms with Gasteiger partial charge in [-0.1, -0.05) is 18.2 Å². The Hall–Kier alpha value is -2.55. The summed E-state index contributed by atoms with van der Waals surface area (Å²) in [6.45, 7) is 6.00. The van der Waals surface area contributed by atoms with E-state index in [0.717, 1.165) is 28.3 Å². The number of anilines is 1. The minimum atomic E-state index is -0.0288. The Labute approximate surface area is 131 Å². The summed E-state index contributed by atoms with van der Waals surface area (Å²) in [5, 5.41) is 3.32. The van der Waals surface area contributed by atoms with Gasteiger partial charge >= 0.3 is 0 Å². The topological polar surface area (TPSA) is 38.3 Å². The fourth-order valence-corrected chi connectivity index (χ4v) is 2.28. The van der Waals surface area contributed by atoms with Crippen molar-refractivity contribution < 1.29 is 9.53 Å². The fourth-order valence-electron chi connectivity index (χ4n) is 2.28. The number of methoxy groups -OCH3 is 1. The van der Waals surface area contributed by atoms with Crippen molar-refractivity contribution in [3.8, 4) is 5.75 Å². The highest BCUT2D eigenvalue weighted by atomic mass is 16.5. The lowest BCUT2D eigenvalue weighted by atomic mass is 10.1. The summed E-state index contributed by atoms with van der Waals surface area (Å²) in [7, 11) is 1.61. The normalized spacial score (nSPS) is 11.2. The molecule has 0 saturated carbocycles. The number of benzene rings is 2. The number of rotatable bonds is 5. The first-order valence-electron chi connectivity index (χ1n) is 7.21. The Morgan fingerprint density at radius 2 is 1.64 bits per heavy atom. The molecule has 0 aromatic heterocycles. The first-order chi connectivity index (χ1) is 10.5. The van der Waals surface area contributed by atoms with Crippen molar-refractivity contribution in [3.05, 3.63) is 70.9 Å². The number of ketones is 1. The van der Waals surface area contributed by atoms with Crippen LogP contribution < -0.4 is 10.1 Å². The lowest BCUT2D eigenvalue weighted by molar-refractivity contribution is 0.104. The second-order valence-electron chi connectivity index (χ2n) is 5.31. The van der Waals surface area contributed by atoms with Crippen LogP contribution in [-0.2, 0) is 0 Å². The van der Waals surface area contributed by atoms with Crippen LogP contribution in [0.25, 0.3) is 0 Å². The SMILES string of the molecule is COc1ccc(C(=O)/C=C(\C)Nc2c(C)cccc2C)cc1. The summed E-state index contributed by atoms with van der Waals surface area (Å²) >= 11 is 0. The molecule has 0 spiro atoms. The molecule has 2 rings (SSSR count). The molecule has 0 aliphatic heterocycles. The van der Waals surface area contributed by atoms with Gasteiger partial charge in [0.2, 0.25) is 0 Å². The average Bonchev–Trinajstić information content (AvgIpc) is 2.51. The number of nitrogens with one attached hydrogen (secondary N) is 1. The van der Waals surface area contributed by atoms with Crippen molar-refractivity contribution in [2.75, 3.05) is 12.4 Å². The molecule has 0 saturated heterocycles. The van der Waals surface area contributed by atoms with Gasteiger partial charge in [0.1, 0.15) is 5.75 Å². The Morgan fingerprint density at radius 1 is 1.05 bits per heavy atom. The van der Waals surface area contributed by atoms with Gasteiger partial charge in [0.05, 0.1) is 7.11 Å². The molecule has 2 aromatic carbocycles. The number of carbonyl (C=O) groups is 1. The van der Waals surface area contributed by atoms with Crippen LogP contribution in [-0.4, -0.2) is 12.9 Å². The van der Waals surface area contributed by atoms with E-state index in [1.54, 1.807) is 37.5 Å². The highest BCUT2D eigenvalue weighted by Crippen LogP contribution is 2.21. The number of ether oxygens (including phenoxy) is 1. The van der Waals surface area contributed by atoms with E-state index in [4.69, 9.17) is 4.74 Å². The van der Waals surface area contributed by atoms with Gasteiger partial charge in [-0.05, 0) is 56.2 Å². The number of hydrogen-bond acceptors (Lipinski definition) is 3. The number of carbonyl (C=O) groups excluding carboxylic acids is 1. The molecule has 1 N–H and O–H groups in total. The third kappa shape index (κ3) is 3.76. The monoisotopic (exact) mass is 295 g/mol. The molecule has 22 heavy (non-hydrogen) atoms. The standard InChI is InChI=1S/C19H21NO2/c1-13-6-5-7-14(2)19(13)20-15(3)12-18(21)16-8-10-17(22-4)11-9-16/h5-12,20H,1-4H3/b15-12+. The Balaban J connectivity index is 2.15. The number of aryl methyl sites for hydroxylation is 2. The van der Waals surface area contributed by atoms with Gasteiger partial charge in [0, 0.05) is 23.0 Å². The van der Waals surface area contributed by atoms with Gasteiger partial charge in [-0.25, -0.2) is 0 Å². The Kier molecular flexibility index (Phi) is 4.99. The lowest BCUT2D eigenvalue weighted by Crippen LogP contribution is -2.03. The van der Waals surface area contributed by atoms with Crippen molar-refractivity contribution in [2.24, 2.45) is 0 Å². The summed E-state index contributed by atoms with van der Waals surface area (Å²) in [6.07, 6.45) is 1.62. The highest BCUT2D eigenvalue weighted by molar-refractivity contribution is 6.05. The van der Waals surface area contributed by atoms with E-state index in [-0.39, 0.29) is 5.78 Å². The number of allylic oxidation sites excluding steroid dienone is 2. The quantitative estimate of drug-likeness (QED) is 0.651. The molecule has 0 aliphatic rings. The van der Waals surface area contributed by atoms with Gasteiger partial charge in [-0.3, -0.25) is 4.79 Å². The Bertz CT molecular complexity index is 680. The summed E-state index contributed by atoms with van der Waals surface area (Å²) in [5.74, 6) is 0.713. The first-order valence-corrected chi connectivity index (χ1v) is 7.21. The summed E-state index contributed by atoms with van der Waals surface area (Å²) < 4.78 is 5.10. The Morgan fingerprint density at radius 3 is 2.18 bits per heavy atom. The minimum Gasteiger partial charge on any atom is -0.497 e. The van der Waals surface area contributed by atoms with E-state index in [9.17, 15) is 4.79 Å². The van der Waals surface area contributed by atoms with Crippen LogP contribution in [0.15, 0.2) is 54.2 Å². The number of para-hydroxylation sites is 1. The van der Waals surface area contributed by atoms with Crippen LogP contribution in [0.2, 0.25) is 0 Å². The summed E-state index contributed by atoms with van der Waals surface area (Å²) in [6, 6.07) is 13.2. The molecule has 0 bridgehead atoms. The van der Waals surface area contributed by atoms with Crippen molar-refractivity contribution in [1.82, 2.24) is 0 Å². The fraction of sp³-hybridized carbons (Fsp3) is 0.211. The third-order valence-electron chi connectivity index (χ3n) is 3.53. The number of hydrogen-bond donors (Lipinski definition) is 1. The largest absolute Gasteiger partial charge is 0.497 e. The molecule has 0 amide bonds. The molecule has 0 atom stereocenters. The van der Waals surface area contributed by atoms with Crippen molar-refractivity contribution in [3.63, 3.8) is 0 Å². The van der Waals surface area contributed by atoms with Crippen LogP contribution >= 0.6 is 0 Å². The summed E-state index contributed by atoms with van der Waals surface area (Å²) in [5.41, 5.74) is 4.83. The minimum absolute atomic E-state index is 0.0288. The van der Waals surface area contributed by atoms with Crippen molar-refractivity contribution >= 4 is 11.5 Å². The van der Waals surface area contributed by atoms with Crippen LogP contribution in [0.1, 0.15) is 28.4 Å². The molecular weight excluding hydrogens is 274 g/mol. The predicted octanol–water partition coefficient (Wildman–Crippen LogP) is 4.51. The van der Waals surface area contributed by atoms with Gasteiger partial charge in [-0.2, -0.15) is 0 Å². The van der Waals surface area contributed by atoms with E-state index in [0.29, 0.717) is 5.56 Å². The average molecular weight is 295 g/mol. The zero-order chi connectivity index (χ0) is 16.1. The van der Waals surface area contributed by atoms with Crippen molar-refractivity contribution in [1.29, 1.82) is 0 Å². The van der Waals surface area contributed by atoms with Gasteiger partial charge in [-0.15, -0.1) is 0 Å². The van der Waals surface area contributed by atoms with Crippen LogP contribution in [0.3, 0.4) is 0 Å². The third-order valence-corrected chi connectivity index (χ3v) is 3.53. The van der Waals surface area contributed by atoms with Gasteiger partial charge in [0.15, 0.2) is 5.78 Å². The predicted molar refractivity (Wildman–Crippen MR) is 90.6 cm³/mol. The molecule has 0 fully saturated rings. The van der Waals surface area contributed by atoms with Gasteiger partial charge in [0.25, 0.3) is 0 Å². The van der Waals surface area contributed by atoms with E-state index >= 15 is 0 Å². The molecule has 0 heterocycles. The smallest absolute Gasteiger partial charge is 0.187 e. The van der Waals surface area contributed by atoms with E-state index in [1.807, 2.05) is 39.0 Å². The summed E-state index contributed by atoms with van der Waals surface area (Å²) in [4.78, 5) is 12.3. The molecule has 0 radical (unpaired) electrons. The lowest BCUT2D eigenvalue weighted by Gasteiger charge is -2.12. The van der Waals surface area contributed by atoms with Crippen LogP contribution in [0, 0.1) is 13.8 Å². The second-order valence-corrected chi connectivity index (χ2v) is 5.31. The second kappa shape index (κ2) is 6.94. The maximum Gasteiger partial charge on any atom is 0.187 e. The van der Waals surface area contributed by atoms with E-state index in [2.05, 4.69) is 5.32 Å². The maximum absolute atomic E-state index is 12.3. The van der Waals surface area contributed by atoms with E-state index in [1.165, 1.54) is 0 Å². The van der Waals surface area contributed by atoms with Crippen molar-refractivity contribution in [2.45, 2.75) is 20.8 Å². The van der Waals surface area contributed by atoms with Crippen LogP contribution in [0.5, 0.6) is 5.75 Å². The zero-order valence-corrected chi connectivity index (χ0v) is 13.4. The molecule has 2 aromatic rings. The maximum atomic E-state index is 12.3. The molecule has 114 valence electrons. The van der Waals surface area contributed by atoms with Gasteiger partial charge < -0.3 is 10.1 Å². The molecule has 0 unspecified atom stereocenters. The first kappa shape index (κ1) is 15.8. The molecular formula is C19H21NO2. The molecule has 3 nitrogen and oxygen atoms in total. The zero-order valence-electron chi connectivity index (χ0n) is 13.4. The van der Waals surface area contributed by atoms with Crippen LogP contribution in [0.4, 0.5) is 5.69 Å². The molecule has 0 aliphatic carbocycles. The molecule has 3 heteroatoms. The highest BCUT2D eigenvalue weighted by Gasteiger charge is 2.06.